The molecule has 0 aliphatic carbocycles. The summed E-state index contributed by atoms with van der Waals surface area (Å²) < 4.78 is 5.48. The van der Waals surface area contributed by atoms with Crippen molar-refractivity contribution in [2.75, 3.05) is 32.1 Å². The first-order valence-corrected chi connectivity index (χ1v) is 5.65. The quantitative estimate of drug-likeness (QED) is 0.698. The second-order valence-corrected chi connectivity index (χ2v) is 4.43. The Kier molecular flexibility index (Phi) is 2.14. The minimum atomic E-state index is 0.0696. The van der Waals surface area contributed by atoms with Crippen LogP contribution in [0.2, 0.25) is 0 Å². The molecule has 3 rings (SSSR count). The van der Waals surface area contributed by atoms with E-state index in [0.29, 0.717) is 0 Å². The predicted molar refractivity (Wildman–Crippen MR) is 65.2 cm³/mol. The van der Waals surface area contributed by atoms with E-state index in [4.69, 9.17) is 4.74 Å². The molecule has 2 aliphatic rings. The number of fused-ring (bicyclic) bond motifs is 2. The van der Waals surface area contributed by atoms with E-state index in [0.717, 1.165) is 25.4 Å². The smallest absolute Gasteiger partial charge is 0.125 e. The molecule has 0 aromatic heterocycles. The maximum Gasteiger partial charge on any atom is 0.125 e. The number of nitrogens with one attached hydrogen (secondary N) is 2. The minimum absolute atomic E-state index is 0.0696. The van der Waals surface area contributed by atoms with Gasteiger partial charge < -0.3 is 15.4 Å². The summed E-state index contributed by atoms with van der Waals surface area (Å²) in [6.45, 7) is 2.89. The van der Waals surface area contributed by atoms with Crippen molar-refractivity contribution in [1.82, 2.24) is 5.32 Å². The van der Waals surface area contributed by atoms with Crippen molar-refractivity contribution < 1.29 is 4.74 Å². The lowest BCUT2D eigenvalue weighted by Gasteiger charge is -2.30. The van der Waals surface area contributed by atoms with E-state index in [9.17, 15) is 0 Å². The van der Waals surface area contributed by atoms with Crippen molar-refractivity contribution in [1.29, 1.82) is 0 Å². The molecule has 0 saturated carbocycles. The molecule has 16 heavy (non-hydrogen) atoms. The third-order valence-corrected chi connectivity index (χ3v) is 3.48. The molecule has 2 N–H and O–H groups in total. The first-order chi connectivity index (χ1) is 7.86. The van der Waals surface area contributed by atoms with Gasteiger partial charge in [0, 0.05) is 36.3 Å². The lowest BCUT2D eigenvalue weighted by Crippen LogP contribution is -2.41. The number of hydrogen-bond acceptors (Lipinski definition) is 3. The zero-order valence-corrected chi connectivity index (χ0v) is 9.42. The molecule has 1 spiro atoms. The molecule has 0 fully saturated rings. The zero-order chi connectivity index (χ0) is 11.0. The Morgan fingerprint density at radius 3 is 3.00 bits per heavy atom. The van der Waals surface area contributed by atoms with Crippen LogP contribution in [0.1, 0.15) is 5.56 Å². The Morgan fingerprint density at radius 1 is 1.31 bits per heavy atom. The van der Waals surface area contributed by atoms with Crippen LogP contribution in [-0.2, 0) is 5.41 Å². The number of hydrogen-bond donors (Lipinski definition) is 2. The molecular formula is C13H16N2O. The summed E-state index contributed by atoms with van der Waals surface area (Å²) in [6.07, 6.45) is 4.51. The average molecular weight is 216 g/mol. The number of rotatable bonds is 1. The van der Waals surface area contributed by atoms with E-state index >= 15 is 0 Å². The monoisotopic (exact) mass is 216 g/mol. The van der Waals surface area contributed by atoms with Crippen LogP contribution >= 0.6 is 0 Å². The molecule has 0 saturated heterocycles. The second-order valence-electron chi connectivity index (χ2n) is 4.43. The molecule has 84 valence electrons. The van der Waals surface area contributed by atoms with Crippen LogP contribution in [0.3, 0.4) is 0 Å². The summed E-state index contributed by atoms with van der Waals surface area (Å²) in [5.41, 5.74) is 2.56. The fourth-order valence-electron chi connectivity index (χ4n) is 2.72. The van der Waals surface area contributed by atoms with Crippen LogP contribution in [0.4, 0.5) is 5.69 Å². The van der Waals surface area contributed by atoms with E-state index in [-0.39, 0.29) is 5.41 Å². The van der Waals surface area contributed by atoms with Gasteiger partial charge in [-0.15, -0.1) is 0 Å². The topological polar surface area (TPSA) is 33.3 Å². The molecule has 3 heteroatoms. The summed E-state index contributed by atoms with van der Waals surface area (Å²) in [4.78, 5) is 0. The molecule has 0 bridgehead atoms. The predicted octanol–water partition coefficient (Wildman–Crippen LogP) is 1.52. The summed E-state index contributed by atoms with van der Waals surface area (Å²) in [7, 11) is 1.74. The molecule has 2 aliphatic heterocycles. The molecule has 1 atom stereocenters. The van der Waals surface area contributed by atoms with E-state index in [1.165, 1.54) is 11.3 Å². The Balaban J connectivity index is 2.16. The molecule has 1 aromatic carbocycles. The van der Waals surface area contributed by atoms with Gasteiger partial charge in [0.2, 0.25) is 0 Å². The van der Waals surface area contributed by atoms with Crippen molar-refractivity contribution >= 4 is 5.69 Å². The van der Waals surface area contributed by atoms with Gasteiger partial charge in [0.15, 0.2) is 0 Å². The number of methoxy groups -OCH3 is 1. The Bertz CT molecular complexity index is 442. The Labute approximate surface area is 95.5 Å². The summed E-state index contributed by atoms with van der Waals surface area (Å²) in [5.74, 6) is 0.982. The lowest BCUT2D eigenvalue weighted by atomic mass is 9.80. The highest BCUT2D eigenvalue weighted by Crippen LogP contribution is 2.43. The van der Waals surface area contributed by atoms with Gasteiger partial charge in [0.05, 0.1) is 7.11 Å². The largest absolute Gasteiger partial charge is 0.496 e. The van der Waals surface area contributed by atoms with Gasteiger partial charge in [-0.05, 0) is 12.1 Å². The van der Waals surface area contributed by atoms with Gasteiger partial charge >= 0.3 is 0 Å². The summed E-state index contributed by atoms with van der Waals surface area (Å²) in [6, 6.07) is 6.19. The number of ether oxygens (including phenoxy) is 1. The SMILES string of the molecule is COc1cccc2c1[C@@]1(C=CCNC1)CN2. The molecule has 3 nitrogen and oxygen atoms in total. The van der Waals surface area contributed by atoms with Gasteiger partial charge in [-0.25, -0.2) is 0 Å². The van der Waals surface area contributed by atoms with Gasteiger partial charge in [-0.2, -0.15) is 0 Å². The van der Waals surface area contributed by atoms with Crippen molar-refractivity contribution in [2.24, 2.45) is 0 Å². The van der Waals surface area contributed by atoms with Gasteiger partial charge in [-0.3, -0.25) is 0 Å². The maximum atomic E-state index is 5.48. The van der Waals surface area contributed by atoms with Crippen LogP contribution in [0.15, 0.2) is 30.4 Å². The molecule has 2 heterocycles. The van der Waals surface area contributed by atoms with Gasteiger partial charge in [0.1, 0.15) is 5.75 Å². The highest BCUT2D eigenvalue weighted by atomic mass is 16.5. The molecular weight excluding hydrogens is 200 g/mol. The summed E-state index contributed by atoms with van der Waals surface area (Å²) >= 11 is 0. The average Bonchev–Trinajstić information content (AvgIpc) is 2.70. The van der Waals surface area contributed by atoms with E-state index in [2.05, 4.69) is 28.9 Å². The fraction of sp³-hybridized carbons (Fsp3) is 0.385. The first-order valence-electron chi connectivity index (χ1n) is 5.65. The zero-order valence-electron chi connectivity index (χ0n) is 9.42. The molecule has 0 unspecified atom stereocenters. The van der Waals surface area contributed by atoms with Crippen molar-refractivity contribution in [2.45, 2.75) is 5.41 Å². The Hall–Kier alpha value is -1.48. The normalized spacial score (nSPS) is 26.6. The van der Waals surface area contributed by atoms with Crippen molar-refractivity contribution in [3.8, 4) is 5.75 Å². The number of anilines is 1. The van der Waals surface area contributed by atoms with E-state index in [1.807, 2.05) is 12.1 Å². The molecule has 1 aromatic rings. The van der Waals surface area contributed by atoms with E-state index in [1.54, 1.807) is 7.11 Å². The molecule has 0 amide bonds. The van der Waals surface area contributed by atoms with Gasteiger partial charge in [-0.1, -0.05) is 18.2 Å². The minimum Gasteiger partial charge on any atom is -0.496 e. The molecule has 0 radical (unpaired) electrons. The van der Waals surface area contributed by atoms with Crippen LogP contribution in [0, 0.1) is 0 Å². The highest BCUT2D eigenvalue weighted by Gasteiger charge is 2.39. The third-order valence-electron chi connectivity index (χ3n) is 3.48. The van der Waals surface area contributed by atoms with Gasteiger partial charge in [0.25, 0.3) is 0 Å². The van der Waals surface area contributed by atoms with Crippen LogP contribution in [0.25, 0.3) is 0 Å². The van der Waals surface area contributed by atoms with E-state index < -0.39 is 0 Å². The van der Waals surface area contributed by atoms with Crippen LogP contribution < -0.4 is 15.4 Å². The van der Waals surface area contributed by atoms with Crippen molar-refractivity contribution in [3.63, 3.8) is 0 Å². The third kappa shape index (κ3) is 1.25. The maximum absolute atomic E-state index is 5.48. The highest BCUT2D eigenvalue weighted by molar-refractivity contribution is 5.68. The van der Waals surface area contributed by atoms with Crippen molar-refractivity contribution in [3.05, 3.63) is 35.9 Å². The summed E-state index contributed by atoms with van der Waals surface area (Å²) in [5, 5.41) is 6.89. The van der Waals surface area contributed by atoms with Crippen LogP contribution in [-0.4, -0.2) is 26.7 Å². The van der Waals surface area contributed by atoms with Crippen LogP contribution in [0.5, 0.6) is 5.75 Å². The lowest BCUT2D eigenvalue weighted by molar-refractivity contribution is 0.396. The second kappa shape index (κ2) is 3.52. The number of benzene rings is 1. The first kappa shape index (κ1) is 9.73. The standard InChI is InChI=1S/C13H16N2O/c1-16-11-5-2-4-10-12(11)13(9-15-10)6-3-7-14-8-13/h2-6,14-15H,7-9H2,1H3/t13-/m1/s1. The Morgan fingerprint density at radius 2 is 2.25 bits per heavy atom. The fourth-order valence-corrected chi connectivity index (χ4v) is 2.72.